The number of hydrogen-bond donors (Lipinski definition) is 2. The van der Waals surface area contributed by atoms with Crippen LogP contribution in [-0.2, 0) is 11.3 Å². The zero-order valence-electron chi connectivity index (χ0n) is 12.0. The van der Waals surface area contributed by atoms with Gasteiger partial charge in [-0.1, -0.05) is 48.5 Å². The number of carboxylic acid groups (broad SMARTS) is 1. The Hall–Kier alpha value is -2.86. The summed E-state index contributed by atoms with van der Waals surface area (Å²) in [6.07, 6.45) is -0.681. The van der Waals surface area contributed by atoms with E-state index >= 15 is 0 Å². The topological polar surface area (TPSA) is 75.6 Å². The van der Waals surface area contributed by atoms with Gasteiger partial charge in [0.15, 0.2) is 0 Å². The lowest BCUT2D eigenvalue weighted by molar-refractivity contribution is 0.0703. The van der Waals surface area contributed by atoms with Crippen molar-refractivity contribution in [2.24, 2.45) is 0 Å². The van der Waals surface area contributed by atoms with E-state index in [-0.39, 0.29) is 17.2 Å². The van der Waals surface area contributed by atoms with Crippen molar-refractivity contribution in [1.82, 2.24) is 0 Å². The third-order valence-electron chi connectivity index (χ3n) is 3.23. The highest BCUT2D eigenvalue weighted by Gasteiger charge is 2.19. The molecule has 3 rings (SSSR count). The molecule has 116 valence electrons. The molecular weight excluding hydrogens is 314 g/mol. The molecule has 5 nitrogen and oxygen atoms in total. The zero-order chi connectivity index (χ0) is 16.2. The number of fused-ring (bicyclic) bond motifs is 1. The standard InChI is InChI=1S/C17H13NO4S/c19-16(20)15-14(12-8-4-5-9-13(12)23-15)18-17(21)22-10-11-6-2-1-3-7-11/h1-9H,10H2,(H,18,21)(H,19,20). The van der Waals surface area contributed by atoms with Gasteiger partial charge in [-0.05, 0) is 11.6 Å². The van der Waals surface area contributed by atoms with Crippen molar-refractivity contribution >= 4 is 39.2 Å². The predicted octanol–water partition coefficient (Wildman–Crippen LogP) is 4.35. The van der Waals surface area contributed by atoms with E-state index in [4.69, 9.17) is 4.74 Å². The Morgan fingerprint density at radius 1 is 1.04 bits per heavy atom. The summed E-state index contributed by atoms with van der Waals surface area (Å²) in [5.74, 6) is -1.08. The lowest BCUT2D eigenvalue weighted by Gasteiger charge is -2.07. The number of thiophene rings is 1. The van der Waals surface area contributed by atoms with Gasteiger partial charge in [0.2, 0.25) is 0 Å². The Labute approximate surface area is 136 Å². The lowest BCUT2D eigenvalue weighted by atomic mass is 10.2. The van der Waals surface area contributed by atoms with Crippen LogP contribution in [-0.4, -0.2) is 17.2 Å². The van der Waals surface area contributed by atoms with E-state index < -0.39 is 12.1 Å². The molecule has 0 radical (unpaired) electrons. The van der Waals surface area contributed by atoms with Crippen LogP contribution >= 0.6 is 11.3 Å². The van der Waals surface area contributed by atoms with Gasteiger partial charge in [-0.25, -0.2) is 9.59 Å². The monoisotopic (exact) mass is 327 g/mol. The molecular formula is C17H13NO4S. The van der Waals surface area contributed by atoms with Crippen molar-refractivity contribution in [3.8, 4) is 0 Å². The number of aromatic carboxylic acids is 1. The molecule has 0 bridgehead atoms. The first kappa shape index (κ1) is 15.1. The minimum absolute atomic E-state index is 0.0860. The minimum Gasteiger partial charge on any atom is -0.477 e. The minimum atomic E-state index is -1.08. The fourth-order valence-corrected chi connectivity index (χ4v) is 3.18. The molecule has 1 amide bonds. The Morgan fingerprint density at radius 2 is 1.74 bits per heavy atom. The summed E-state index contributed by atoms with van der Waals surface area (Å²) in [6.45, 7) is 0.122. The second-order valence-corrected chi connectivity index (χ2v) is 5.85. The number of amides is 1. The van der Waals surface area contributed by atoms with Crippen molar-refractivity contribution < 1.29 is 19.4 Å². The van der Waals surface area contributed by atoms with Gasteiger partial charge < -0.3 is 9.84 Å². The number of carbonyl (C=O) groups excluding carboxylic acids is 1. The quantitative estimate of drug-likeness (QED) is 0.747. The molecule has 0 saturated carbocycles. The predicted molar refractivity (Wildman–Crippen MR) is 89.0 cm³/mol. The molecule has 0 fully saturated rings. The lowest BCUT2D eigenvalue weighted by Crippen LogP contribution is -2.15. The van der Waals surface area contributed by atoms with Crippen molar-refractivity contribution in [3.05, 3.63) is 65.0 Å². The van der Waals surface area contributed by atoms with Gasteiger partial charge >= 0.3 is 12.1 Å². The summed E-state index contributed by atoms with van der Waals surface area (Å²) in [5.41, 5.74) is 1.13. The average Bonchev–Trinajstić information content (AvgIpc) is 2.93. The number of carboxylic acids is 1. The molecule has 0 saturated heterocycles. The second kappa shape index (κ2) is 6.50. The zero-order valence-corrected chi connectivity index (χ0v) is 12.8. The number of carbonyl (C=O) groups is 2. The number of hydrogen-bond acceptors (Lipinski definition) is 4. The number of anilines is 1. The molecule has 1 aromatic heterocycles. The molecule has 3 aromatic rings. The number of rotatable bonds is 4. The summed E-state index contributed by atoms with van der Waals surface area (Å²) in [5, 5.41) is 12.5. The van der Waals surface area contributed by atoms with Gasteiger partial charge in [0.25, 0.3) is 0 Å². The van der Waals surface area contributed by atoms with Crippen LogP contribution in [0.25, 0.3) is 10.1 Å². The van der Waals surface area contributed by atoms with Gasteiger partial charge in [0.05, 0.1) is 5.69 Å². The Morgan fingerprint density at radius 3 is 2.48 bits per heavy atom. The molecule has 0 atom stereocenters. The Bertz CT molecular complexity index is 857. The molecule has 6 heteroatoms. The van der Waals surface area contributed by atoms with Crippen LogP contribution in [0, 0.1) is 0 Å². The van der Waals surface area contributed by atoms with E-state index in [9.17, 15) is 14.7 Å². The average molecular weight is 327 g/mol. The van der Waals surface area contributed by atoms with E-state index in [0.29, 0.717) is 5.39 Å². The number of benzene rings is 2. The van der Waals surface area contributed by atoms with Crippen molar-refractivity contribution in [1.29, 1.82) is 0 Å². The highest BCUT2D eigenvalue weighted by atomic mass is 32.1. The largest absolute Gasteiger partial charge is 0.477 e. The van der Waals surface area contributed by atoms with Crippen LogP contribution in [0.15, 0.2) is 54.6 Å². The first-order valence-electron chi connectivity index (χ1n) is 6.87. The molecule has 0 aliphatic carbocycles. The number of nitrogens with one attached hydrogen (secondary N) is 1. The van der Waals surface area contributed by atoms with Crippen LogP contribution in [0.5, 0.6) is 0 Å². The van der Waals surface area contributed by atoms with Crippen molar-refractivity contribution in [2.45, 2.75) is 6.61 Å². The molecule has 2 N–H and O–H groups in total. The third-order valence-corrected chi connectivity index (χ3v) is 4.39. The van der Waals surface area contributed by atoms with Gasteiger partial charge in [0.1, 0.15) is 11.5 Å². The maximum Gasteiger partial charge on any atom is 0.412 e. The smallest absolute Gasteiger partial charge is 0.412 e. The molecule has 2 aromatic carbocycles. The van der Waals surface area contributed by atoms with Crippen LogP contribution in [0.4, 0.5) is 10.5 Å². The highest BCUT2D eigenvalue weighted by Crippen LogP contribution is 2.35. The van der Waals surface area contributed by atoms with Crippen LogP contribution in [0.2, 0.25) is 0 Å². The molecule has 0 aliphatic heterocycles. The molecule has 0 unspecified atom stereocenters. The Kier molecular flexibility index (Phi) is 4.25. The van der Waals surface area contributed by atoms with Crippen LogP contribution in [0.1, 0.15) is 15.2 Å². The third kappa shape index (κ3) is 3.32. The van der Waals surface area contributed by atoms with E-state index in [2.05, 4.69) is 5.32 Å². The summed E-state index contributed by atoms with van der Waals surface area (Å²) >= 11 is 1.12. The second-order valence-electron chi connectivity index (χ2n) is 4.79. The van der Waals surface area contributed by atoms with Gasteiger partial charge in [-0.15, -0.1) is 11.3 Å². The summed E-state index contributed by atoms with van der Waals surface area (Å²) in [7, 11) is 0. The Balaban J connectivity index is 1.79. The van der Waals surface area contributed by atoms with Gasteiger partial charge in [-0.2, -0.15) is 0 Å². The van der Waals surface area contributed by atoms with E-state index in [0.717, 1.165) is 21.6 Å². The fourth-order valence-electron chi connectivity index (χ4n) is 2.18. The van der Waals surface area contributed by atoms with Gasteiger partial charge in [-0.3, -0.25) is 5.32 Å². The van der Waals surface area contributed by atoms with E-state index in [1.807, 2.05) is 42.5 Å². The SMILES string of the molecule is O=C(Nc1c(C(=O)O)sc2ccccc12)OCc1ccccc1. The summed E-state index contributed by atoms with van der Waals surface area (Å²) < 4.78 is 5.94. The molecule has 1 heterocycles. The maximum atomic E-state index is 12.0. The highest BCUT2D eigenvalue weighted by molar-refractivity contribution is 7.21. The molecule has 0 spiro atoms. The fraction of sp³-hybridized carbons (Fsp3) is 0.0588. The van der Waals surface area contributed by atoms with Crippen molar-refractivity contribution in [2.75, 3.05) is 5.32 Å². The first-order valence-corrected chi connectivity index (χ1v) is 7.69. The van der Waals surface area contributed by atoms with Crippen molar-refractivity contribution in [3.63, 3.8) is 0 Å². The van der Waals surface area contributed by atoms with Crippen LogP contribution in [0.3, 0.4) is 0 Å². The summed E-state index contributed by atoms with van der Waals surface area (Å²) in [4.78, 5) is 23.4. The number of ether oxygens (including phenoxy) is 1. The maximum absolute atomic E-state index is 12.0. The van der Waals surface area contributed by atoms with E-state index in [1.54, 1.807) is 12.1 Å². The molecule has 0 aliphatic rings. The van der Waals surface area contributed by atoms with Gasteiger partial charge in [0, 0.05) is 10.1 Å². The normalized spacial score (nSPS) is 10.4. The van der Waals surface area contributed by atoms with E-state index in [1.165, 1.54) is 0 Å². The first-order chi connectivity index (χ1) is 11.1. The van der Waals surface area contributed by atoms with Crippen LogP contribution < -0.4 is 5.32 Å². The summed E-state index contributed by atoms with van der Waals surface area (Å²) in [6, 6.07) is 16.5. The molecule has 23 heavy (non-hydrogen) atoms.